The first-order valence-electron chi connectivity index (χ1n) is 5.81. The fourth-order valence-corrected chi connectivity index (χ4v) is 2.20. The molecule has 1 unspecified atom stereocenters. The Labute approximate surface area is 95.7 Å². The van der Waals surface area contributed by atoms with Crippen LogP contribution < -0.4 is 5.32 Å². The Morgan fingerprint density at radius 1 is 1.31 bits per heavy atom. The molecule has 1 fully saturated rings. The molecular formula is C12H19NO3. The Bertz CT molecular complexity index is 280. The molecule has 1 aliphatic carbocycles. The Morgan fingerprint density at radius 3 is 2.44 bits per heavy atom. The molecule has 1 amide bonds. The molecule has 2 N–H and O–H groups in total. The summed E-state index contributed by atoms with van der Waals surface area (Å²) in [6.45, 7) is 1.73. The van der Waals surface area contributed by atoms with Crippen LogP contribution in [0.2, 0.25) is 0 Å². The molecule has 0 radical (unpaired) electrons. The second-order valence-corrected chi connectivity index (χ2v) is 4.22. The quantitative estimate of drug-likeness (QED) is 0.716. The minimum absolute atomic E-state index is 0.0838. The summed E-state index contributed by atoms with van der Waals surface area (Å²) < 4.78 is 0. The van der Waals surface area contributed by atoms with Crippen LogP contribution in [0.4, 0.5) is 0 Å². The molecular weight excluding hydrogens is 206 g/mol. The van der Waals surface area contributed by atoms with Gasteiger partial charge in [0.05, 0.1) is 0 Å². The van der Waals surface area contributed by atoms with E-state index >= 15 is 0 Å². The molecule has 0 aromatic rings. The number of rotatable bonds is 4. The Balaban J connectivity index is 2.59. The third-order valence-corrected chi connectivity index (χ3v) is 3.00. The minimum atomic E-state index is -0.926. The highest BCUT2D eigenvalue weighted by Crippen LogP contribution is 2.26. The smallest absolute Gasteiger partial charge is 0.326 e. The molecule has 1 saturated carbocycles. The topological polar surface area (TPSA) is 66.4 Å². The van der Waals surface area contributed by atoms with Crippen molar-refractivity contribution in [2.45, 2.75) is 45.1 Å². The Morgan fingerprint density at radius 2 is 1.94 bits per heavy atom. The van der Waals surface area contributed by atoms with Crippen molar-refractivity contribution in [1.82, 2.24) is 5.32 Å². The third-order valence-electron chi connectivity index (χ3n) is 3.00. The maximum atomic E-state index is 11.3. The molecule has 0 aliphatic heterocycles. The number of aliphatic carboxylic acids is 1. The molecule has 0 spiro atoms. The van der Waals surface area contributed by atoms with E-state index in [-0.39, 0.29) is 11.8 Å². The van der Waals surface area contributed by atoms with Gasteiger partial charge in [-0.25, -0.2) is 4.79 Å². The van der Waals surface area contributed by atoms with Crippen molar-refractivity contribution in [3.05, 3.63) is 12.2 Å². The van der Waals surface area contributed by atoms with E-state index < -0.39 is 12.0 Å². The highest BCUT2D eigenvalue weighted by Gasteiger charge is 2.29. The van der Waals surface area contributed by atoms with E-state index in [4.69, 9.17) is 5.11 Å². The van der Waals surface area contributed by atoms with Gasteiger partial charge < -0.3 is 10.4 Å². The lowest BCUT2D eigenvalue weighted by molar-refractivity contribution is -0.143. The van der Waals surface area contributed by atoms with Crippen molar-refractivity contribution >= 4 is 11.9 Å². The number of carboxylic acid groups (broad SMARTS) is 1. The Hall–Kier alpha value is -1.32. The molecule has 0 saturated heterocycles. The van der Waals surface area contributed by atoms with Gasteiger partial charge in [-0.3, -0.25) is 4.79 Å². The van der Waals surface area contributed by atoms with E-state index in [0.717, 1.165) is 25.7 Å². The van der Waals surface area contributed by atoms with Crippen molar-refractivity contribution in [3.8, 4) is 0 Å². The van der Waals surface area contributed by atoms with Crippen molar-refractivity contribution in [2.24, 2.45) is 5.92 Å². The summed E-state index contributed by atoms with van der Waals surface area (Å²) in [4.78, 5) is 22.4. The lowest BCUT2D eigenvalue weighted by Crippen LogP contribution is -2.46. The van der Waals surface area contributed by atoms with Crippen LogP contribution in [-0.4, -0.2) is 23.0 Å². The zero-order valence-electron chi connectivity index (χ0n) is 9.61. The maximum Gasteiger partial charge on any atom is 0.326 e. The number of carbonyl (C=O) groups excluding carboxylic acids is 1. The zero-order chi connectivity index (χ0) is 12.0. The van der Waals surface area contributed by atoms with Gasteiger partial charge in [0.1, 0.15) is 6.04 Å². The number of allylic oxidation sites excluding steroid dienone is 1. The predicted octanol–water partition coefficient (Wildman–Crippen LogP) is 1.71. The molecule has 0 bridgehead atoms. The van der Waals surface area contributed by atoms with E-state index in [1.54, 1.807) is 13.0 Å². The van der Waals surface area contributed by atoms with E-state index in [0.29, 0.717) is 0 Å². The summed E-state index contributed by atoms with van der Waals surface area (Å²) >= 11 is 0. The minimum Gasteiger partial charge on any atom is -0.480 e. The number of carbonyl (C=O) groups is 2. The summed E-state index contributed by atoms with van der Waals surface area (Å²) in [5.74, 6) is -1.16. The van der Waals surface area contributed by atoms with Gasteiger partial charge in [-0.05, 0) is 31.8 Å². The normalized spacial score (nSPS) is 19.6. The van der Waals surface area contributed by atoms with Crippen LogP contribution in [0.25, 0.3) is 0 Å². The van der Waals surface area contributed by atoms with Crippen molar-refractivity contribution in [2.75, 3.05) is 0 Å². The SMILES string of the molecule is CC=CC(=O)NC(C(=O)O)C1CCCCC1. The average molecular weight is 225 g/mol. The highest BCUT2D eigenvalue weighted by molar-refractivity contribution is 5.91. The lowest BCUT2D eigenvalue weighted by Gasteiger charge is -2.27. The van der Waals surface area contributed by atoms with Crippen LogP contribution in [0.5, 0.6) is 0 Å². The van der Waals surface area contributed by atoms with Gasteiger partial charge in [0, 0.05) is 0 Å². The average Bonchev–Trinajstić information content (AvgIpc) is 2.27. The molecule has 4 nitrogen and oxygen atoms in total. The summed E-state index contributed by atoms with van der Waals surface area (Å²) in [6.07, 6.45) is 8.06. The molecule has 0 heterocycles. The summed E-state index contributed by atoms with van der Waals surface area (Å²) in [6, 6.07) is -0.732. The van der Waals surface area contributed by atoms with E-state index in [1.807, 2.05) is 0 Å². The Kier molecular flexibility index (Phi) is 5.02. The van der Waals surface area contributed by atoms with Gasteiger partial charge in [-0.1, -0.05) is 25.3 Å². The molecule has 1 atom stereocenters. The summed E-state index contributed by atoms with van der Waals surface area (Å²) in [5.41, 5.74) is 0. The van der Waals surface area contributed by atoms with Crippen LogP contribution in [0.3, 0.4) is 0 Å². The molecule has 4 heteroatoms. The zero-order valence-corrected chi connectivity index (χ0v) is 9.61. The summed E-state index contributed by atoms with van der Waals surface area (Å²) in [7, 11) is 0. The monoisotopic (exact) mass is 225 g/mol. The van der Waals surface area contributed by atoms with Crippen LogP contribution in [-0.2, 0) is 9.59 Å². The largest absolute Gasteiger partial charge is 0.480 e. The van der Waals surface area contributed by atoms with Gasteiger partial charge in [0.25, 0.3) is 0 Å². The number of nitrogens with one attached hydrogen (secondary N) is 1. The van der Waals surface area contributed by atoms with E-state index in [9.17, 15) is 9.59 Å². The predicted molar refractivity (Wildman–Crippen MR) is 61.0 cm³/mol. The van der Waals surface area contributed by atoms with Crippen LogP contribution in [0, 0.1) is 5.92 Å². The first kappa shape index (κ1) is 12.7. The first-order valence-corrected chi connectivity index (χ1v) is 5.81. The number of carboxylic acids is 1. The highest BCUT2D eigenvalue weighted by atomic mass is 16.4. The second-order valence-electron chi connectivity index (χ2n) is 4.22. The molecule has 1 aliphatic rings. The molecule has 16 heavy (non-hydrogen) atoms. The van der Waals surface area contributed by atoms with Crippen molar-refractivity contribution in [1.29, 1.82) is 0 Å². The standard InChI is InChI=1S/C12H19NO3/c1-2-6-10(14)13-11(12(15)16)9-7-4-3-5-8-9/h2,6,9,11H,3-5,7-8H2,1H3,(H,13,14)(H,15,16). The molecule has 0 aromatic carbocycles. The summed E-state index contributed by atoms with van der Waals surface area (Å²) in [5, 5.41) is 11.7. The molecule has 1 rings (SSSR count). The van der Waals surface area contributed by atoms with E-state index in [2.05, 4.69) is 5.32 Å². The second kappa shape index (κ2) is 6.30. The lowest BCUT2D eigenvalue weighted by atomic mass is 9.84. The number of amides is 1. The van der Waals surface area contributed by atoms with Gasteiger partial charge in [-0.2, -0.15) is 0 Å². The van der Waals surface area contributed by atoms with Gasteiger partial charge in [0.15, 0.2) is 0 Å². The van der Waals surface area contributed by atoms with Crippen molar-refractivity contribution in [3.63, 3.8) is 0 Å². The molecule has 0 aromatic heterocycles. The van der Waals surface area contributed by atoms with E-state index in [1.165, 1.54) is 12.5 Å². The maximum absolute atomic E-state index is 11.3. The first-order chi connectivity index (χ1) is 7.65. The van der Waals surface area contributed by atoms with Crippen LogP contribution in [0.15, 0.2) is 12.2 Å². The fourth-order valence-electron chi connectivity index (χ4n) is 2.20. The van der Waals surface area contributed by atoms with Crippen LogP contribution in [0.1, 0.15) is 39.0 Å². The van der Waals surface area contributed by atoms with Crippen molar-refractivity contribution < 1.29 is 14.7 Å². The number of hydrogen-bond acceptors (Lipinski definition) is 2. The van der Waals surface area contributed by atoms with Crippen LogP contribution >= 0.6 is 0 Å². The number of hydrogen-bond donors (Lipinski definition) is 2. The fraction of sp³-hybridized carbons (Fsp3) is 0.667. The molecule has 90 valence electrons. The van der Waals surface area contributed by atoms with Gasteiger partial charge in [-0.15, -0.1) is 0 Å². The van der Waals surface area contributed by atoms with Gasteiger partial charge >= 0.3 is 5.97 Å². The van der Waals surface area contributed by atoms with Gasteiger partial charge in [0.2, 0.25) is 5.91 Å². The third kappa shape index (κ3) is 3.68.